The Morgan fingerprint density at radius 3 is 2.90 bits per heavy atom. The van der Waals surface area contributed by atoms with Crippen LogP contribution < -0.4 is 10.1 Å². The number of rotatable bonds is 4. The first-order valence-electron chi connectivity index (χ1n) is 7.70. The van der Waals surface area contributed by atoms with E-state index < -0.39 is 0 Å². The Balaban J connectivity index is 1.75. The molecular weight excluding hydrogens is 270 g/mol. The second kappa shape index (κ2) is 6.04. The minimum Gasteiger partial charge on any atom is -0.496 e. The maximum absolute atomic E-state index is 6.16. The lowest BCUT2D eigenvalue weighted by molar-refractivity contribution is -0.0977. The van der Waals surface area contributed by atoms with Crippen LogP contribution in [-0.2, 0) is 4.74 Å². The van der Waals surface area contributed by atoms with Crippen molar-refractivity contribution in [3.63, 3.8) is 0 Å². The molecule has 1 saturated heterocycles. The lowest BCUT2D eigenvalue weighted by Gasteiger charge is -2.41. The summed E-state index contributed by atoms with van der Waals surface area (Å²) >= 11 is 1.80. The highest BCUT2D eigenvalue weighted by Gasteiger charge is 2.42. The molecule has 1 saturated carbocycles. The molecular formula is C16H25NO2S. The van der Waals surface area contributed by atoms with Crippen molar-refractivity contribution in [3.05, 3.63) is 16.3 Å². The molecule has 3 nitrogen and oxygen atoms in total. The lowest BCUT2D eigenvalue weighted by atomic mass is 9.80. The SMILES string of the molecule is CNC(c1cc(OC)cs1)C1CCOC2(CCCC2)C1. The molecule has 2 fully saturated rings. The number of nitrogens with one attached hydrogen (secondary N) is 1. The van der Waals surface area contributed by atoms with Crippen LogP contribution in [0.25, 0.3) is 0 Å². The van der Waals surface area contributed by atoms with Crippen LogP contribution in [0.15, 0.2) is 11.4 Å². The number of methoxy groups -OCH3 is 1. The largest absolute Gasteiger partial charge is 0.496 e. The zero-order valence-corrected chi connectivity index (χ0v) is 13.3. The van der Waals surface area contributed by atoms with Gasteiger partial charge < -0.3 is 14.8 Å². The average molecular weight is 295 g/mol. The van der Waals surface area contributed by atoms with E-state index in [1.807, 2.05) is 0 Å². The maximum atomic E-state index is 6.16. The van der Waals surface area contributed by atoms with Crippen LogP contribution in [0, 0.1) is 5.92 Å². The molecule has 1 spiro atoms. The predicted molar refractivity (Wildman–Crippen MR) is 82.5 cm³/mol. The van der Waals surface area contributed by atoms with Crippen LogP contribution in [-0.4, -0.2) is 26.4 Å². The summed E-state index contributed by atoms with van der Waals surface area (Å²) < 4.78 is 11.5. The fourth-order valence-electron chi connectivity index (χ4n) is 3.93. The lowest BCUT2D eigenvalue weighted by Crippen LogP contribution is -2.41. The highest BCUT2D eigenvalue weighted by atomic mass is 32.1. The van der Waals surface area contributed by atoms with E-state index in [4.69, 9.17) is 9.47 Å². The highest BCUT2D eigenvalue weighted by Crippen LogP contribution is 2.46. The third-order valence-electron chi connectivity index (χ3n) is 4.97. The molecule has 0 amide bonds. The molecule has 4 heteroatoms. The summed E-state index contributed by atoms with van der Waals surface area (Å²) in [6, 6.07) is 2.62. The molecule has 1 aromatic rings. The first-order chi connectivity index (χ1) is 9.76. The number of hydrogen-bond donors (Lipinski definition) is 1. The van der Waals surface area contributed by atoms with E-state index in [9.17, 15) is 0 Å². The molecule has 1 N–H and O–H groups in total. The summed E-state index contributed by atoms with van der Waals surface area (Å²) in [5.41, 5.74) is 0.194. The Hall–Kier alpha value is -0.580. The molecule has 2 unspecified atom stereocenters. The molecule has 0 aromatic carbocycles. The summed E-state index contributed by atoms with van der Waals surface area (Å²) in [4.78, 5) is 1.39. The van der Waals surface area contributed by atoms with Gasteiger partial charge in [-0.3, -0.25) is 0 Å². The van der Waals surface area contributed by atoms with Crippen LogP contribution in [0.3, 0.4) is 0 Å². The van der Waals surface area contributed by atoms with Gasteiger partial charge >= 0.3 is 0 Å². The molecule has 0 bridgehead atoms. The van der Waals surface area contributed by atoms with Crippen LogP contribution in [0.2, 0.25) is 0 Å². The molecule has 0 radical (unpaired) electrons. The van der Waals surface area contributed by atoms with Crippen molar-refractivity contribution in [1.82, 2.24) is 5.32 Å². The van der Waals surface area contributed by atoms with Gasteiger partial charge in [-0.2, -0.15) is 0 Å². The molecule has 20 heavy (non-hydrogen) atoms. The van der Waals surface area contributed by atoms with Gasteiger partial charge in [0, 0.05) is 22.9 Å². The standard InChI is InChI=1S/C16H25NO2S/c1-17-15(14-9-13(18-2)11-20-14)12-5-8-19-16(10-12)6-3-4-7-16/h9,11-12,15,17H,3-8,10H2,1-2H3. The molecule has 1 aliphatic heterocycles. The zero-order valence-electron chi connectivity index (χ0n) is 12.5. The van der Waals surface area contributed by atoms with Gasteiger partial charge in [-0.1, -0.05) is 12.8 Å². The maximum Gasteiger partial charge on any atom is 0.129 e. The van der Waals surface area contributed by atoms with Crippen molar-refractivity contribution in [1.29, 1.82) is 0 Å². The third-order valence-corrected chi connectivity index (χ3v) is 5.96. The van der Waals surface area contributed by atoms with Crippen LogP contribution >= 0.6 is 11.3 Å². The Labute approximate surface area is 125 Å². The van der Waals surface area contributed by atoms with Gasteiger partial charge in [0.2, 0.25) is 0 Å². The van der Waals surface area contributed by atoms with Crippen LogP contribution in [0.4, 0.5) is 0 Å². The second-order valence-electron chi connectivity index (χ2n) is 6.15. The third kappa shape index (κ3) is 2.74. The first kappa shape index (κ1) is 14.4. The van der Waals surface area contributed by atoms with E-state index in [0.29, 0.717) is 12.0 Å². The topological polar surface area (TPSA) is 30.5 Å². The average Bonchev–Trinajstić information content (AvgIpc) is 3.10. The second-order valence-corrected chi connectivity index (χ2v) is 7.09. The minimum absolute atomic E-state index is 0.194. The van der Waals surface area contributed by atoms with Crippen molar-refractivity contribution < 1.29 is 9.47 Å². The summed E-state index contributed by atoms with van der Waals surface area (Å²) in [6.45, 7) is 0.922. The van der Waals surface area contributed by atoms with Gasteiger partial charge in [-0.15, -0.1) is 11.3 Å². The van der Waals surface area contributed by atoms with E-state index in [1.165, 1.54) is 37.0 Å². The minimum atomic E-state index is 0.194. The Morgan fingerprint density at radius 1 is 1.45 bits per heavy atom. The molecule has 3 rings (SSSR count). The number of hydrogen-bond acceptors (Lipinski definition) is 4. The van der Waals surface area contributed by atoms with Gasteiger partial charge in [0.1, 0.15) is 5.75 Å². The Kier molecular flexibility index (Phi) is 4.34. The fourth-order valence-corrected chi connectivity index (χ4v) is 4.99. The van der Waals surface area contributed by atoms with Crippen LogP contribution in [0.5, 0.6) is 5.75 Å². The Bertz CT molecular complexity index is 439. The molecule has 1 aromatic heterocycles. The van der Waals surface area contributed by atoms with Crippen LogP contribution in [0.1, 0.15) is 49.4 Å². The number of ether oxygens (including phenoxy) is 2. The van der Waals surface area contributed by atoms with E-state index in [2.05, 4.69) is 23.8 Å². The molecule has 2 heterocycles. The van der Waals surface area contributed by atoms with Crippen molar-refractivity contribution in [2.24, 2.45) is 5.92 Å². The predicted octanol–water partition coefficient (Wildman–Crippen LogP) is 3.76. The van der Waals surface area contributed by atoms with Gasteiger partial charge in [0.25, 0.3) is 0 Å². The number of thiophene rings is 1. The molecule has 1 aliphatic carbocycles. The van der Waals surface area contributed by atoms with E-state index >= 15 is 0 Å². The quantitative estimate of drug-likeness (QED) is 0.917. The first-order valence-corrected chi connectivity index (χ1v) is 8.58. The summed E-state index contributed by atoms with van der Waals surface area (Å²) in [5.74, 6) is 1.66. The van der Waals surface area contributed by atoms with Gasteiger partial charge in [0.05, 0.1) is 12.7 Å². The summed E-state index contributed by atoms with van der Waals surface area (Å²) in [5, 5.41) is 5.63. The fraction of sp³-hybridized carbons (Fsp3) is 0.750. The van der Waals surface area contributed by atoms with E-state index in [-0.39, 0.29) is 5.60 Å². The van der Waals surface area contributed by atoms with E-state index in [0.717, 1.165) is 18.8 Å². The summed E-state index contributed by atoms with van der Waals surface area (Å²) in [7, 11) is 3.82. The van der Waals surface area contributed by atoms with Crippen molar-refractivity contribution in [2.75, 3.05) is 20.8 Å². The highest BCUT2D eigenvalue weighted by molar-refractivity contribution is 7.10. The van der Waals surface area contributed by atoms with Gasteiger partial charge in [-0.25, -0.2) is 0 Å². The van der Waals surface area contributed by atoms with Crippen molar-refractivity contribution in [3.8, 4) is 5.75 Å². The normalized spacial score (nSPS) is 26.8. The smallest absolute Gasteiger partial charge is 0.129 e. The zero-order chi connectivity index (χ0) is 14.0. The van der Waals surface area contributed by atoms with Gasteiger partial charge in [-0.05, 0) is 44.7 Å². The molecule has 112 valence electrons. The van der Waals surface area contributed by atoms with Crippen molar-refractivity contribution >= 4 is 11.3 Å². The molecule has 2 atom stereocenters. The van der Waals surface area contributed by atoms with Crippen molar-refractivity contribution in [2.45, 2.75) is 50.2 Å². The Morgan fingerprint density at radius 2 is 2.25 bits per heavy atom. The van der Waals surface area contributed by atoms with Gasteiger partial charge in [0.15, 0.2) is 0 Å². The summed E-state index contributed by atoms with van der Waals surface area (Å²) in [6.07, 6.45) is 7.56. The van der Waals surface area contributed by atoms with E-state index in [1.54, 1.807) is 18.4 Å². The monoisotopic (exact) mass is 295 g/mol. The molecule has 2 aliphatic rings.